The highest BCUT2D eigenvalue weighted by molar-refractivity contribution is 8.00. The number of anilines is 1. The molecule has 1 aromatic heterocycles. The van der Waals surface area contributed by atoms with E-state index in [1.807, 2.05) is 36.4 Å². The summed E-state index contributed by atoms with van der Waals surface area (Å²) in [6.07, 6.45) is 3.37. The predicted molar refractivity (Wildman–Crippen MR) is 111 cm³/mol. The zero-order valence-electron chi connectivity index (χ0n) is 16.1. The zero-order valence-corrected chi connectivity index (χ0v) is 16.9. The second-order valence-corrected chi connectivity index (χ2v) is 7.14. The Bertz CT molecular complexity index is 1040. The Kier molecular flexibility index (Phi) is 6.76. The van der Waals surface area contributed by atoms with Gasteiger partial charge in [-0.2, -0.15) is 10.4 Å². The van der Waals surface area contributed by atoms with Crippen molar-refractivity contribution in [3.8, 4) is 17.6 Å². The first-order chi connectivity index (χ1) is 14.1. The lowest BCUT2D eigenvalue weighted by atomic mass is 10.1. The molecule has 0 unspecified atom stereocenters. The van der Waals surface area contributed by atoms with E-state index in [-0.39, 0.29) is 11.7 Å². The number of carbonyl (C=O) groups excluding carboxylic acids is 1. The summed E-state index contributed by atoms with van der Waals surface area (Å²) in [5, 5.41) is 16.1. The van der Waals surface area contributed by atoms with Gasteiger partial charge in [0.1, 0.15) is 0 Å². The number of hydrogen-bond donors (Lipinski definition) is 1. The Morgan fingerprint density at radius 1 is 1.21 bits per heavy atom. The van der Waals surface area contributed by atoms with Crippen LogP contribution in [0.15, 0.2) is 59.8 Å². The first-order valence-corrected chi connectivity index (χ1v) is 9.76. The van der Waals surface area contributed by atoms with Crippen LogP contribution in [0, 0.1) is 11.3 Å². The lowest BCUT2D eigenvalue weighted by Crippen LogP contribution is -2.13. The summed E-state index contributed by atoms with van der Waals surface area (Å²) in [4.78, 5) is 13.2. The SMILES string of the molecule is COc1ccc(SCC(=O)Nc2cnn(Cc3cccc(C#N)c3)c2)cc1OC. The van der Waals surface area contributed by atoms with Crippen LogP contribution >= 0.6 is 11.8 Å². The van der Waals surface area contributed by atoms with Gasteiger partial charge in [0.2, 0.25) is 5.91 Å². The molecule has 0 bridgehead atoms. The van der Waals surface area contributed by atoms with Crippen LogP contribution in [0.2, 0.25) is 0 Å². The number of rotatable bonds is 8. The largest absolute Gasteiger partial charge is 0.493 e. The Morgan fingerprint density at radius 3 is 2.79 bits per heavy atom. The van der Waals surface area contributed by atoms with Crippen LogP contribution in [0.1, 0.15) is 11.1 Å². The number of methoxy groups -OCH3 is 2. The molecule has 8 heteroatoms. The normalized spacial score (nSPS) is 10.2. The van der Waals surface area contributed by atoms with Crippen molar-refractivity contribution in [2.45, 2.75) is 11.4 Å². The van der Waals surface area contributed by atoms with Crippen molar-refractivity contribution in [1.29, 1.82) is 5.26 Å². The lowest BCUT2D eigenvalue weighted by molar-refractivity contribution is -0.113. The molecule has 1 heterocycles. The highest BCUT2D eigenvalue weighted by atomic mass is 32.2. The molecule has 0 aliphatic heterocycles. The summed E-state index contributed by atoms with van der Waals surface area (Å²) in [6, 6.07) is 15.0. The van der Waals surface area contributed by atoms with Gasteiger partial charge in [0.15, 0.2) is 11.5 Å². The fourth-order valence-corrected chi connectivity index (χ4v) is 3.42. The number of amides is 1. The fourth-order valence-electron chi connectivity index (χ4n) is 2.69. The molecule has 0 aliphatic carbocycles. The van der Waals surface area contributed by atoms with Crippen molar-refractivity contribution in [2.24, 2.45) is 0 Å². The van der Waals surface area contributed by atoms with Crippen molar-refractivity contribution >= 4 is 23.4 Å². The van der Waals surface area contributed by atoms with Crippen molar-refractivity contribution in [3.63, 3.8) is 0 Å². The summed E-state index contributed by atoms with van der Waals surface area (Å²) in [5.41, 5.74) is 2.20. The fraction of sp³-hybridized carbons (Fsp3) is 0.190. The average molecular weight is 408 g/mol. The zero-order chi connectivity index (χ0) is 20.6. The van der Waals surface area contributed by atoms with Crippen LogP contribution in [-0.2, 0) is 11.3 Å². The van der Waals surface area contributed by atoms with Crippen LogP contribution in [0.5, 0.6) is 11.5 Å². The van der Waals surface area contributed by atoms with E-state index in [1.165, 1.54) is 11.8 Å². The van der Waals surface area contributed by atoms with E-state index < -0.39 is 0 Å². The maximum Gasteiger partial charge on any atom is 0.234 e. The molecule has 1 amide bonds. The monoisotopic (exact) mass is 408 g/mol. The Balaban J connectivity index is 1.54. The molecule has 2 aromatic carbocycles. The number of benzene rings is 2. The van der Waals surface area contributed by atoms with E-state index in [1.54, 1.807) is 37.4 Å². The number of aromatic nitrogens is 2. The Morgan fingerprint density at radius 2 is 2.03 bits per heavy atom. The molecule has 0 fully saturated rings. The minimum absolute atomic E-state index is 0.129. The van der Waals surface area contributed by atoms with Crippen LogP contribution in [0.3, 0.4) is 0 Å². The molecule has 0 saturated carbocycles. The summed E-state index contributed by atoms with van der Waals surface area (Å²) in [6.45, 7) is 0.520. The van der Waals surface area contributed by atoms with Gasteiger partial charge in [0, 0.05) is 11.1 Å². The molecule has 0 aliphatic rings. The number of hydrogen-bond acceptors (Lipinski definition) is 6. The molecule has 0 saturated heterocycles. The molecule has 3 rings (SSSR count). The minimum atomic E-state index is -0.129. The smallest absolute Gasteiger partial charge is 0.234 e. The first kappa shape index (κ1) is 20.3. The summed E-state index contributed by atoms with van der Waals surface area (Å²) < 4.78 is 12.2. The van der Waals surface area contributed by atoms with Gasteiger partial charge in [-0.1, -0.05) is 12.1 Å². The highest BCUT2D eigenvalue weighted by Gasteiger charge is 2.09. The summed E-state index contributed by atoms with van der Waals surface area (Å²) in [7, 11) is 3.16. The van der Waals surface area contributed by atoms with E-state index in [2.05, 4.69) is 16.5 Å². The van der Waals surface area contributed by atoms with E-state index >= 15 is 0 Å². The predicted octanol–water partition coefficient (Wildman–Crippen LogP) is 3.55. The van der Waals surface area contributed by atoms with Gasteiger partial charge in [-0.05, 0) is 35.9 Å². The molecule has 0 atom stereocenters. The van der Waals surface area contributed by atoms with E-state index in [0.29, 0.717) is 29.3 Å². The van der Waals surface area contributed by atoms with E-state index in [0.717, 1.165) is 10.5 Å². The maximum absolute atomic E-state index is 12.3. The first-order valence-electron chi connectivity index (χ1n) is 8.77. The van der Waals surface area contributed by atoms with Gasteiger partial charge in [0.25, 0.3) is 0 Å². The second kappa shape index (κ2) is 9.66. The van der Waals surface area contributed by atoms with Crippen LogP contribution < -0.4 is 14.8 Å². The minimum Gasteiger partial charge on any atom is -0.493 e. The third-order valence-corrected chi connectivity index (χ3v) is 5.04. The Labute approximate surface area is 173 Å². The molecule has 0 spiro atoms. The van der Waals surface area contributed by atoms with Crippen molar-refractivity contribution in [2.75, 3.05) is 25.3 Å². The van der Waals surface area contributed by atoms with Crippen LogP contribution in [0.25, 0.3) is 0 Å². The van der Waals surface area contributed by atoms with Crippen LogP contribution in [-0.4, -0.2) is 35.7 Å². The van der Waals surface area contributed by atoms with Gasteiger partial charge in [-0.3, -0.25) is 9.48 Å². The van der Waals surface area contributed by atoms with Crippen molar-refractivity contribution < 1.29 is 14.3 Å². The highest BCUT2D eigenvalue weighted by Crippen LogP contribution is 2.31. The molecule has 1 N–H and O–H groups in total. The summed E-state index contributed by atoms with van der Waals surface area (Å²) >= 11 is 1.40. The third-order valence-electron chi connectivity index (χ3n) is 4.04. The molecule has 0 radical (unpaired) electrons. The molecule has 148 valence electrons. The third kappa shape index (κ3) is 5.53. The summed E-state index contributed by atoms with van der Waals surface area (Å²) in [5.74, 6) is 1.40. The number of nitrogens with zero attached hydrogens (tertiary/aromatic N) is 3. The van der Waals surface area contributed by atoms with Crippen molar-refractivity contribution in [3.05, 3.63) is 66.0 Å². The second-order valence-electron chi connectivity index (χ2n) is 6.09. The van der Waals surface area contributed by atoms with Gasteiger partial charge in [0.05, 0.1) is 50.0 Å². The van der Waals surface area contributed by atoms with Gasteiger partial charge < -0.3 is 14.8 Å². The molecular formula is C21H20N4O3S. The van der Waals surface area contributed by atoms with Crippen molar-refractivity contribution in [1.82, 2.24) is 9.78 Å². The van der Waals surface area contributed by atoms with Gasteiger partial charge in [-0.25, -0.2) is 0 Å². The maximum atomic E-state index is 12.3. The number of carbonyl (C=O) groups is 1. The van der Waals surface area contributed by atoms with Crippen LogP contribution in [0.4, 0.5) is 5.69 Å². The molecule has 3 aromatic rings. The number of thioether (sulfide) groups is 1. The molecule has 29 heavy (non-hydrogen) atoms. The number of nitriles is 1. The molecular weight excluding hydrogens is 388 g/mol. The lowest BCUT2D eigenvalue weighted by Gasteiger charge is -2.09. The topological polar surface area (TPSA) is 89.2 Å². The van der Waals surface area contributed by atoms with E-state index in [4.69, 9.17) is 14.7 Å². The number of ether oxygens (including phenoxy) is 2. The molecule has 7 nitrogen and oxygen atoms in total. The van der Waals surface area contributed by atoms with E-state index in [9.17, 15) is 4.79 Å². The standard InChI is InChI=1S/C21H20N4O3S/c1-27-19-7-6-18(9-20(19)28-2)29-14-21(26)24-17-11-23-25(13-17)12-16-5-3-4-15(8-16)10-22/h3-9,11,13H,12,14H2,1-2H3,(H,24,26). The average Bonchev–Trinajstić information content (AvgIpc) is 3.18. The number of nitrogens with one attached hydrogen (secondary N) is 1. The van der Waals surface area contributed by atoms with Gasteiger partial charge in [-0.15, -0.1) is 11.8 Å². The Hall–Kier alpha value is -3.44. The van der Waals surface area contributed by atoms with Gasteiger partial charge >= 0.3 is 0 Å². The quantitative estimate of drug-likeness (QED) is 0.574.